The van der Waals surface area contributed by atoms with Gasteiger partial charge in [-0.05, 0) is 5.57 Å². The molecule has 78 valence electrons. The Morgan fingerprint density at radius 3 is 2.50 bits per heavy atom. The summed E-state index contributed by atoms with van der Waals surface area (Å²) in [5.41, 5.74) is 0.595. The molecule has 0 radical (unpaired) electrons. The Hall–Kier alpha value is -1.26. The summed E-state index contributed by atoms with van der Waals surface area (Å²) in [6.07, 6.45) is -3.29. The van der Waals surface area contributed by atoms with Gasteiger partial charge in [-0.3, -0.25) is 4.79 Å². The van der Waals surface area contributed by atoms with E-state index in [-0.39, 0.29) is 19.0 Å². The molecular weight excluding hydrogens is 195 g/mol. The van der Waals surface area contributed by atoms with E-state index in [4.69, 9.17) is 0 Å². The van der Waals surface area contributed by atoms with Crippen molar-refractivity contribution in [2.45, 2.75) is 6.18 Å². The Kier molecular flexibility index (Phi) is 2.69. The maximum atomic E-state index is 12.0. The number of halogens is 3. The van der Waals surface area contributed by atoms with E-state index in [0.717, 1.165) is 4.90 Å². The lowest BCUT2D eigenvalue weighted by Crippen LogP contribution is -2.39. The molecule has 1 aliphatic heterocycles. The van der Waals surface area contributed by atoms with Crippen molar-refractivity contribution in [1.29, 1.82) is 0 Å². The monoisotopic (exact) mass is 205 g/mol. The van der Waals surface area contributed by atoms with Crippen molar-refractivity contribution in [2.24, 2.45) is 5.92 Å². The molecule has 1 heterocycles. The van der Waals surface area contributed by atoms with Gasteiger partial charge in [-0.1, -0.05) is 12.7 Å². The highest BCUT2D eigenvalue weighted by Crippen LogP contribution is 2.26. The number of rotatable bonds is 1. The van der Waals surface area contributed by atoms with Gasteiger partial charge < -0.3 is 4.90 Å². The van der Waals surface area contributed by atoms with Crippen LogP contribution in [0.4, 0.5) is 13.2 Å². The van der Waals surface area contributed by atoms with Crippen LogP contribution in [0.5, 0.6) is 0 Å². The molecule has 0 saturated carbocycles. The van der Waals surface area contributed by atoms with Crippen molar-refractivity contribution < 1.29 is 18.0 Å². The molecule has 5 heteroatoms. The molecule has 0 aliphatic carbocycles. The van der Waals surface area contributed by atoms with Crippen molar-refractivity contribution in [2.75, 3.05) is 13.1 Å². The molecule has 14 heavy (non-hydrogen) atoms. The molecule has 1 aliphatic rings. The molecule has 0 N–H and O–H groups in total. The fraction of sp³-hybridized carbons (Fsp3) is 0.444. The Balaban J connectivity index is 2.71. The number of amides is 1. The van der Waals surface area contributed by atoms with E-state index in [1.165, 1.54) is 6.08 Å². The number of hydrogen-bond donors (Lipinski definition) is 0. The fourth-order valence-corrected chi connectivity index (χ4v) is 1.37. The van der Waals surface area contributed by atoms with E-state index in [0.29, 0.717) is 5.57 Å². The lowest BCUT2D eigenvalue weighted by Gasteiger charge is -2.16. The summed E-state index contributed by atoms with van der Waals surface area (Å²) < 4.78 is 36.0. The van der Waals surface area contributed by atoms with Gasteiger partial charge in [0.2, 0.25) is 0 Å². The molecule has 1 atom stereocenters. The van der Waals surface area contributed by atoms with E-state index < -0.39 is 12.1 Å². The average Bonchev–Trinajstić information content (AvgIpc) is 2.43. The standard InChI is InChI=1S/C9H10F3NO/c1-3-7-5-13(4-6(7)2)8(14)9(10,11)12/h3,7H,1-2,4-5H2/t7-/m1/s1. The second-order valence-corrected chi connectivity index (χ2v) is 3.18. The summed E-state index contributed by atoms with van der Waals surface area (Å²) in [5.74, 6) is -2.02. The van der Waals surface area contributed by atoms with Crippen LogP contribution in [0.1, 0.15) is 0 Å². The predicted molar refractivity (Wildman–Crippen MR) is 45.5 cm³/mol. The smallest absolute Gasteiger partial charge is 0.330 e. The zero-order valence-corrected chi connectivity index (χ0v) is 7.47. The molecule has 1 amide bonds. The van der Waals surface area contributed by atoms with E-state index in [9.17, 15) is 18.0 Å². The van der Waals surface area contributed by atoms with Crippen LogP contribution in [-0.2, 0) is 4.79 Å². The quantitative estimate of drug-likeness (QED) is 0.597. The first-order valence-corrected chi connectivity index (χ1v) is 4.02. The Bertz CT molecular complexity index is 282. The molecule has 0 spiro atoms. The van der Waals surface area contributed by atoms with Crippen molar-refractivity contribution in [3.05, 3.63) is 24.8 Å². The molecule has 0 aromatic carbocycles. The van der Waals surface area contributed by atoms with Crippen LogP contribution in [-0.4, -0.2) is 30.1 Å². The molecule has 0 aromatic heterocycles. The van der Waals surface area contributed by atoms with E-state index in [1.807, 2.05) is 0 Å². The molecule has 2 nitrogen and oxygen atoms in total. The summed E-state index contributed by atoms with van der Waals surface area (Å²) >= 11 is 0. The number of likely N-dealkylation sites (tertiary alicyclic amines) is 1. The molecule has 0 unspecified atom stereocenters. The van der Waals surface area contributed by atoms with Crippen LogP contribution in [0.25, 0.3) is 0 Å². The van der Waals surface area contributed by atoms with Gasteiger partial charge in [-0.25, -0.2) is 0 Å². The number of nitrogens with zero attached hydrogens (tertiary/aromatic N) is 1. The summed E-state index contributed by atoms with van der Waals surface area (Å²) in [6, 6.07) is 0. The predicted octanol–water partition coefficient (Wildman–Crippen LogP) is 1.75. The minimum absolute atomic E-state index is 0.0284. The zero-order valence-electron chi connectivity index (χ0n) is 7.47. The van der Waals surface area contributed by atoms with Crippen LogP contribution in [0, 0.1) is 5.92 Å². The summed E-state index contributed by atoms with van der Waals surface area (Å²) in [7, 11) is 0. The van der Waals surface area contributed by atoms with Crippen molar-refractivity contribution in [3.8, 4) is 0 Å². The number of alkyl halides is 3. The lowest BCUT2D eigenvalue weighted by molar-refractivity contribution is -0.184. The minimum atomic E-state index is -4.80. The average molecular weight is 205 g/mol. The van der Waals surface area contributed by atoms with E-state index >= 15 is 0 Å². The molecule has 1 saturated heterocycles. The maximum Gasteiger partial charge on any atom is 0.471 e. The third-order valence-electron chi connectivity index (χ3n) is 2.15. The number of carbonyl (C=O) groups is 1. The third kappa shape index (κ3) is 1.97. The van der Waals surface area contributed by atoms with Crippen LogP contribution in [0.3, 0.4) is 0 Å². The molecule has 0 bridgehead atoms. The van der Waals surface area contributed by atoms with Gasteiger partial charge in [-0.2, -0.15) is 13.2 Å². The Morgan fingerprint density at radius 2 is 2.14 bits per heavy atom. The molecule has 1 fully saturated rings. The van der Waals surface area contributed by atoms with Gasteiger partial charge in [0.1, 0.15) is 0 Å². The fourth-order valence-electron chi connectivity index (χ4n) is 1.37. The largest absolute Gasteiger partial charge is 0.471 e. The highest BCUT2D eigenvalue weighted by Gasteiger charge is 2.44. The lowest BCUT2D eigenvalue weighted by atomic mass is 10.1. The zero-order chi connectivity index (χ0) is 10.9. The van der Waals surface area contributed by atoms with Gasteiger partial charge in [0, 0.05) is 19.0 Å². The molecule has 1 rings (SSSR count). The first-order valence-electron chi connectivity index (χ1n) is 4.02. The SMILES string of the molecule is C=C[C@@H]1CN(C(=O)C(F)(F)F)CC1=C. The van der Waals surface area contributed by atoms with E-state index in [2.05, 4.69) is 13.2 Å². The van der Waals surface area contributed by atoms with Crippen molar-refractivity contribution >= 4 is 5.91 Å². The minimum Gasteiger partial charge on any atom is -0.330 e. The summed E-state index contributed by atoms with van der Waals surface area (Å²) in [5, 5.41) is 0. The molecule has 0 aromatic rings. The number of hydrogen-bond acceptors (Lipinski definition) is 1. The third-order valence-corrected chi connectivity index (χ3v) is 2.15. The van der Waals surface area contributed by atoms with Crippen LogP contribution >= 0.6 is 0 Å². The van der Waals surface area contributed by atoms with Crippen LogP contribution in [0.15, 0.2) is 24.8 Å². The topological polar surface area (TPSA) is 20.3 Å². The van der Waals surface area contributed by atoms with Gasteiger partial charge in [0.25, 0.3) is 0 Å². The van der Waals surface area contributed by atoms with Crippen molar-refractivity contribution in [1.82, 2.24) is 4.90 Å². The number of carbonyl (C=O) groups excluding carboxylic acids is 1. The summed E-state index contributed by atoms with van der Waals surface area (Å²) in [4.78, 5) is 11.5. The highest BCUT2D eigenvalue weighted by atomic mass is 19.4. The van der Waals surface area contributed by atoms with Crippen molar-refractivity contribution in [3.63, 3.8) is 0 Å². The second-order valence-electron chi connectivity index (χ2n) is 3.18. The van der Waals surface area contributed by atoms with Gasteiger partial charge in [-0.15, -0.1) is 6.58 Å². The Labute approximate surface area is 79.7 Å². The van der Waals surface area contributed by atoms with Gasteiger partial charge in [0.15, 0.2) is 0 Å². The highest BCUT2D eigenvalue weighted by molar-refractivity contribution is 5.82. The van der Waals surface area contributed by atoms with Crippen LogP contribution in [0.2, 0.25) is 0 Å². The van der Waals surface area contributed by atoms with Gasteiger partial charge in [0.05, 0.1) is 0 Å². The Morgan fingerprint density at radius 1 is 1.57 bits per heavy atom. The first-order chi connectivity index (χ1) is 6.36. The molecular formula is C9H10F3NO. The van der Waals surface area contributed by atoms with Gasteiger partial charge >= 0.3 is 12.1 Å². The maximum absolute atomic E-state index is 12.0. The summed E-state index contributed by atoms with van der Waals surface area (Å²) in [6.45, 7) is 7.05. The normalized spacial score (nSPS) is 22.6. The first kappa shape index (κ1) is 10.8. The van der Waals surface area contributed by atoms with E-state index in [1.54, 1.807) is 0 Å². The van der Waals surface area contributed by atoms with Crippen LogP contribution < -0.4 is 0 Å². The second kappa shape index (κ2) is 3.48.